The van der Waals surface area contributed by atoms with Gasteiger partial charge in [0.25, 0.3) is 0 Å². The van der Waals surface area contributed by atoms with Crippen LogP contribution in [0.1, 0.15) is 0 Å². The molecule has 3 nitrogen and oxygen atoms in total. The van der Waals surface area contributed by atoms with Crippen LogP contribution < -0.4 is 0 Å². The first-order chi connectivity index (χ1) is 2.00. The predicted octanol–water partition coefficient (Wildman–Crippen LogP) is -0.634. The summed E-state index contributed by atoms with van der Waals surface area (Å²) < 4.78 is 0. The van der Waals surface area contributed by atoms with Crippen LogP contribution in [0.2, 0.25) is 0 Å². The molecule has 0 aromatic carbocycles. The zero-order valence-corrected chi connectivity index (χ0v) is 3.70. The topological polar surface area (TPSA) is 79.1 Å². The van der Waals surface area contributed by atoms with Crippen molar-refractivity contribution in [1.82, 2.24) is 0 Å². The molecule has 6 heavy (non-hydrogen) atoms. The molecule has 0 bridgehead atoms. The van der Waals surface area contributed by atoms with Gasteiger partial charge in [-0.3, -0.25) is 0 Å². The Hall–Kier alpha value is -0.566. The average molecular weight is 129 g/mol. The van der Waals surface area contributed by atoms with Crippen LogP contribution in [0, 0.1) is 23.7 Å². The van der Waals surface area contributed by atoms with E-state index in [-0.39, 0.29) is 22.0 Å². The number of hydrogen-bond acceptors (Lipinski definition) is 2. The second kappa shape index (κ2) is 163. The smallest absolute Gasteiger partial charge is 0.512 e. The van der Waals surface area contributed by atoms with Gasteiger partial charge in [0.1, 0.15) is 0 Å². The fourth-order valence-electron chi connectivity index (χ4n) is 0. The van der Waals surface area contributed by atoms with Gasteiger partial charge in [-0.25, -0.2) is 0 Å². The molecule has 0 unspecified atom stereocenters. The predicted molar refractivity (Wildman–Crippen MR) is 13.5 cm³/mol. The van der Waals surface area contributed by atoms with Gasteiger partial charge in [-0.1, -0.05) is 0 Å². The van der Waals surface area contributed by atoms with Crippen LogP contribution in [0.15, 0.2) is 0 Å². The second-order valence-electron chi connectivity index (χ2n) is 0. The third kappa shape index (κ3) is 63.4. The maximum atomic E-state index is 6.25. The molecule has 0 saturated heterocycles. The van der Waals surface area contributed by atoms with E-state index in [1.54, 1.807) is 0 Å². The first-order valence-electron chi connectivity index (χ1n) is 0.447. The van der Waals surface area contributed by atoms with Crippen molar-refractivity contribution >= 4 is 0 Å². The van der Waals surface area contributed by atoms with Crippen molar-refractivity contribution in [2.24, 2.45) is 0 Å². The molecule has 0 aliphatic heterocycles. The van der Waals surface area contributed by atoms with E-state index in [1.807, 2.05) is 0 Å². The molecule has 0 fully saturated rings. The van der Waals surface area contributed by atoms with Gasteiger partial charge in [-0.15, -0.1) is 0 Å². The van der Waals surface area contributed by atoms with Crippen LogP contribution in [0.5, 0.6) is 0 Å². The Labute approximate surface area is 46.4 Å². The van der Waals surface area contributed by atoms with Crippen molar-refractivity contribution in [2.45, 2.75) is 0 Å². The van der Waals surface area contributed by atoms with E-state index < -0.39 is 0 Å². The number of nitrogens with zero attached hydrogens (tertiary/aromatic N) is 2. The summed E-state index contributed by atoms with van der Waals surface area (Å²) >= 11 is 0. The van der Waals surface area contributed by atoms with Crippen LogP contribution in [0.25, 0.3) is 0 Å². The summed E-state index contributed by atoms with van der Waals surface area (Å²) in [5.41, 5.74) is 0. The van der Waals surface area contributed by atoms with Crippen molar-refractivity contribution in [3.8, 4) is 0 Å². The average Bonchev–Trinajstić information content (AvgIpc) is 1.50. The summed E-state index contributed by atoms with van der Waals surface area (Å²) in [6, 6.07) is 0. The molecule has 0 aliphatic carbocycles. The second-order valence-corrected chi connectivity index (χ2v) is 0. The molecule has 0 spiro atoms. The van der Waals surface area contributed by atoms with E-state index in [0.717, 1.165) is 0 Å². The van der Waals surface area contributed by atoms with Crippen molar-refractivity contribution in [1.29, 1.82) is 10.5 Å². The molecule has 4 heteroatoms. The Kier molecular flexibility index (Phi) is 1410. The van der Waals surface area contributed by atoms with Gasteiger partial charge in [-0.05, 0) is 0 Å². The fraction of sp³-hybridized carbons (Fsp3) is 0. The van der Waals surface area contributed by atoms with E-state index in [2.05, 4.69) is 0 Å². The Balaban J connectivity index is -0.00000000500. The summed E-state index contributed by atoms with van der Waals surface area (Å²) in [5, 5.41) is 12.5. The largest absolute Gasteiger partial charge is 2.00 e. The minimum absolute atomic E-state index is 0. The maximum absolute atomic E-state index is 6.25. The first kappa shape index (κ1) is 52.0. The van der Waals surface area contributed by atoms with Gasteiger partial charge in [0.15, 0.2) is 0 Å². The quantitative estimate of drug-likeness (QED) is 0.322. The minimum atomic E-state index is 0. The molecule has 0 amide bonds. The Morgan fingerprint density at radius 3 is 0.833 bits per heavy atom. The van der Waals surface area contributed by atoms with Gasteiger partial charge in [-0.2, -0.15) is 0 Å². The van der Waals surface area contributed by atoms with E-state index >= 15 is 0 Å². The molecule has 0 aromatic rings. The third-order valence-electron chi connectivity index (χ3n) is 0. The van der Waals surface area contributed by atoms with Crippen LogP contribution in [-0.4, -0.2) is 5.48 Å². The molecule has 0 rings (SSSR count). The van der Waals surface area contributed by atoms with E-state index in [1.165, 1.54) is 0 Å². The van der Waals surface area contributed by atoms with Gasteiger partial charge >= 0.3 is 16.5 Å². The third-order valence-corrected chi connectivity index (χ3v) is 0. The zero-order chi connectivity index (χ0) is 4.00. The number of hydrogen-bond donors (Lipinski definition) is 0. The van der Waals surface area contributed by atoms with Crippen molar-refractivity contribution < 1.29 is 22.0 Å². The molecule has 2 N–H and O–H groups in total. The Morgan fingerprint density at radius 2 is 0.833 bits per heavy atom. The van der Waals surface area contributed by atoms with Crippen LogP contribution in [0.4, 0.5) is 0 Å². The summed E-state index contributed by atoms with van der Waals surface area (Å²) in [7, 11) is 0. The summed E-state index contributed by atoms with van der Waals surface area (Å²) in [5.74, 6) is 0. The molecule has 0 aromatic heterocycles. The zero-order valence-electron chi connectivity index (χ0n) is 2.71. The maximum Gasteiger partial charge on any atom is 2.00 e. The molecular weight excluding hydrogens is 127 g/mol. The molecule has 0 radical (unpaired) electrons. The molecule has 0 saturated carbocycles. The SMILES string of the molecule is O.[C-]#N.[C-]#N.[Ni+2]. The van der Waals surface area contributed by atoms with Crippen molar-refractivity contribution in [3.63, 3.8) is 0 Å². The fourth-order valence-corrected chi connectivity index (χ4v) is 0. The molecule has 0 heterocycles. The van der Waals surface area contributed by atoms with Crippen molar-refractivity contribution in [3.05, 3.63) is 13.1 Å². The van der Waals surface area contributed by atoms with E-state index in [9.17, 15) is 0 Å². The van der Waals surface area contributed by atoms with Crippen molar-refractivity contribution in [2.75, 3.05) is 0 Å². The monoisotopic (exact) mass is 128 g/mol. The molecule has 0 atom stereocenters. The Bertz CT molecular complexity index is 27.0. The summed E-state index contributed by atoms with van der Waals surface area (Å²) in [4.78, 5) is 0. The normalized spacial score (nSPS) is 0.667. The summed E-state index contributed by atoms with van der Waals surface area (Å²) in [6.45, 7) is 9.50. The number of rotatable bonds is 0. The molecule has 0 aliphatic rings. The van der Waals surface area contributed by atoms with Gasteiger partial charge in [0, 0.05) is 0 Å². The van der Waals surface area contributed by atoms with Gasteiger partial charge < -0.3 is 29.1 Å². The van der Waals surface area contributed by atoms with Crippen LogP contribution >= 0.6 is 0 Å². The van der Waals surface area contributed by atoms with E-state index in [4.69, 9.17) is 23.7 Å². The van der Waals surface area contributed by atoms with Gasteiger partial charge in [0.2, 0.25) is 0 Å². The standard InChI is InChI=1S/2CN.Ni.H2O/c2*1-2;;/h;;;1H2/q2*-1;+2;. The van der Waals surface area contributed by atoms with Crippen LogP contribution in [-0.2, 0) is 16.5 Å². The minimum Gasteiger partial charge on any atom is -0.512 e. The molecule has 36 valence electrons. The van der Waals surface area contributed by atoms with Gasteiger partial charge in [0.05, 0.1) is 0 Å². The van der Waals surface area contributed by atoms with E-state index in [0.29, 0.717) is 0 Å². The molecular formula is C2H2N2NiO. The van der Waals surface area contributed by atoms with Crippen LogP contribution in [0.3, 0.4) is 0 Å². The Morgan fingerprint density at radius 1 is 0.833 bits per heavy atom. The summed E-state index contributed by atoms with van der Waals surface area (Å²) in [6.07, 6.45) is 0. The first-order valence-corrected chi connectivity index (χ1v) is 0.447.